The number of nitro benzene ring substituents is 1. The number of non-ortho nitro benzene ring substituents is 1. The van der Waals surface area contributed by atoms with E-state index in [1.807, 2.05) is 19.2 Å². The number of nitro groups is 1. The molecule has 1 aromatic carbocycles. The molecular weight excluding hydrogens is 218 g/mol. The molecule has 2 unspecified atom stereocenters. The van der Waals surface area contributed by atoms with Crippen molar-refractivity contribution in [2.75, 3.05) is 13.6 Å². The molecule has 1 heterocycles. The van der Waals surface area contributed by atoms with Crippen LogP contribution < -0.4 is 5.73 Å². The molecule has 2 atom stereocenters. The van der Waals surface area contributed by atoms with Crippen LogP contribution in [0.3, 0.4) is 0 Å². The number of rotatable bonds is 2. The van der Waals surface area contributed by atoms with Gasteiger partial charge in [-0.15, -0.1) is 0 Å². The van der Waals surface area contributed by atoms with Crippen LogP contribution in [0.4, 0.5) is 5.69 Å². The summed E-state index contributed by atoms with van der Waals surface area (Å²) in [5, 5.41) is 10.6. The molecule has 0 saturated carbocycles. The average Bonchev–Trinajstić information content (AvgIpc) is 2.29. The molecule has 1 fully saturated rings. The van der Waals surface area contributed by atoms with Crippen LogP contribution in [0.5, 0.6) is 0 Å². The minimum atomic E-state index is -0.381. The molecule has 5 heteroatoms. The van der Waals surface area contributed by atoms with Gasteiger partial charge in [-0.25, -0.2) is 0 Å². The highest BCUT2D eigenvalue weighted by molar-refractivity contribution is 5.34. The molecule has 0 bridgehead atoms. The molecule has 1 saturated heterocycles. The number of hydrogen-bond donors (Lipinski definition) is 1. The molecule has 17 heavy (non-hydrogen) atoms. The number of nitrogens with two attached hydrogens (primary N) is 1. The largest absolute Gasteiger partial charge is 0.326 e. The molecule has 0 spiro atoms. The maximum Gasteiger partial charge on any atom is 0.269 e. The molecule has 0 radical (unpaired) electrons. The molecule has 1 aromatic rings. The summed E-state index contributed by atoms with van der Waals surface area (Å²) in [6.45, 7) is 1.02. The van der Waals surface area contributed by atoms with Crippen molar-refractivity contribution in [3.8, 4) is 0 Å². The lowest BCUT2D eigenvalue weighted by Gasteiger charge is -2.37. The molecule has 0 aliphatic carbocycles. The summed E-state index contributed by atoms with van der Waals surface area (Å²) in [4.78, 5) is 12.4. The van der Waals surface area contributed by atoms with Crippen molar-refractivity contribution in [3.63, 3.8) is 0 Å². The SMILES string of the molecule is CN1CCCC(N)C1c1ccc([N+](=O)[O-])cc1. The third kappa shape index (κ3) is 2.45. The first-order chi connectivity index (χ1) is 8.09. The molecular formula is C12H17N3O2. The Bertz CT molecular complexity index is 395. The Balaban J connectivity index is 2.23. The summed E-state index contributed by atoms with van der Waals surface area (Å²) in [7, 11) is 2.05. The van der Waals surface area contributed by atoms with Crippen LogP contribution in [0.25, 0.3) is 0 Å². The second-order valence-corrected chi connectivity index (χ2v) is 4.58. The van der Waals surface area contributed by atoms with Crippen LogP contribution in [0.1, 0.15) is 24.4 Å². The van der Waals surface area contributed by atoms with E-state index in [4.69, 9.17) is 5.73 Å². The summed E-state index contributed by atoms with van der Waals surface area (Å²) in [5.41, 5.74) is 7.31. The van der Waals surface area contributed by atoms with Crippen molar-refractivity contribution in [2.45, 2.75) is 24.9 Å². The standard InChI is InChI=1S/C12H17N3O2/c1-14-8-2-3-11(13)12(14)9-4-6-10(7-5-9)15(16)17/h4-7,11-12H,2-3,8,13H2,1H3. The fraction of sp³-hybridized carbons (Fsp3) is 0.500. The summed E-state index contributed by atoms with van der Waals surface area (Å²) in [6, 6.07) is 6.99. The van der Waals surface area contributed by atoms with E-state index < -0.39 is 0 Å². The zero-order valence-electron chi connectivity index (χ0n) is 9.87. The van der Waals surface area contributed by atoms with Crippen molar-refractivity contribution in [2.24, 2.45) is 5.73 Å². The minimum absolute atomic E-state index is 0.107. The van der Waals surface area contributed by atoms with Crippen molar-refractivity contribution >= 4 is 5.69 Å². The third-order valence-electron chi connectivity index (χ3n) is 3.37. The van der Waals surface area contributed by atoms with Crippen molar-refractivity contribution < 1.29 is 4.92 Å². The van der Waals surface area contributed by atoms with Crippen LogP contribution in [0.15, 0.2) is 24.3 Å². The topological polar surface area (TPSA) is 72.4 Å². The zero-order valence-corrected chi connectivity index (χ0v) is 9.87. The lowest BCUT2D eigenvalue weighted by atomic mass is 9.91. The Morgan fingerprint density at radius 3 is 2.59 bits per heavy atom. The molecule has 1 aliphatic rings. The summed E-state index contributed by atoms with van der Waals surface area (Å²) >= 11 is 0. The van der Waals surface area contributed by atoms with E-state index in [1.165, 1.54) is 0 Å². The zero-order chi connectivity index (χ0) is 12.4. The number of piperidine rings is 1. The molecule has 1 aliphatic heterocycles. The second kappa shape index (κ2) is 4.81. The van der Waals surface area contributed by atoms with Gasteiger partial charge in [0, 0.05) is 24.2 Å². The lowest BCUT2D eigenvalue weighted by Crippen LogP contribution is -2.43. The molecule has 0 aromatic heterocycles. The van der Waals surface area contributed by atoms with Gasteiger partial charge < -0.3 is 5.73 Å². The number of hydrogen-bond acceptors (Lipinski definition) is 4. The van der Waals surface area contributed by atoms with Gasteiger partial charge in [0.15, 0.2) is 0 Å². The van der Waals surface area contributed by atoms with E-state index in [0.29, 0.717) is 0 Å². The van der Waals surface area contributed by atoms with Gasteiger partial charge in [-0.3, -0.25) is 15.0 Å². The maximum atomic E-state index is 10.6. The Labute approximate surface area is 100 Å². The van der Waals surface area contributed by atoms with Gasteiger partial charge in [-0.2, -0.15) is 0 Å². The lowest BCUT2D eigenvalue weighted by molar-refractivity contribution is -0.384. The highest BCUT2D eigenvalue weighted by atomic mass is 16.6. The molecule has 5 nitrogen and oxygen atoms in total. The first-order valence-corrected chi connectivity index (χ1v) is 5.80. The predicted octanol–water partition coefficient (Wildman–Crippen LogP) is 1.69. The van der Waals surface area contributed by atoms with E-state index >= 15 is 0 Å². The molecule has 92 valence electrons. The van der Waals surface area contributed by atoms with Crippen LogP contribution in [-0.4, -0.2) is 29.5 Å². The fourth-order valence-electron chi connectivity index (χ4n) is 2.50. The van der Waals surface area contributed by atoms with E-state index in [0.717, 1.165) is 24.9 Å². The third-order valence-corrected chi connectivity index (χ3v) is 3.37. The number of benzene rings is 1. The first kappa shape index (κ1) is 12.0. The molecule has 2 N–H and O–H groups in total. The van der Waals surface area contributed by atoms with Gasteiger partial charge in [-0.05, 0) is 32.0 Å². The van der Waals surface area contributed by atoms with E-state index in [2.05, 4.69) is 4.90 Å². The Morgan fingerprint density at radius 1 is 1.41 bits per heavy atom. The maximum absolute atomic E-state index is 10.6. The Morgan fingerprint density at radius 2 is 2.06 bits per heavy atom. The highest BCUT2D eigenvalue weighted by Crippen LogP contribution is 2.29. The van der Waals surface area contributed by atoms with E-state index in [9.17, 15) is 10.1 Å². The second-order valence-electron chi connectivity index (χ2n) is 4.58. The van der Waals surface area contributed by atoms with Crippen molar-refractivity contribution in [1.82, 2.24) is 4.90 Å². The van der Waals surface area contributed by atoms with Gasteiger partial charge in [-0.1, -0.05) is 12.1 Å². The average molecular weight is 235 g/mol. The van der Waals surface area contributed by atoms with Gasteiger partial charge in [0.05, 0.1) is 4.92 Å². The van der Waals surface area contributed by atoms with Crippen LogP contribution in [-0.2, 0) is 0 Å². The first-order valence-electron chi connectivity index (χ1n) is 5.80. The van der Waals surface area contributed by atoms with Crippen LogP contribution >= 0.6 is 0 Å². The fourth-order valence-corrected chi connectivity index (χ4v) is 2.50. The normalized spacial score (nSPS) is 25.8. The van der Waals surface area contributed by atoms with Crippen molar-refractivity contribution in [3.05, 3.63) is 39.9 Å². The number of nitrogens with zero attached hydrogens (tertiary/aromatic N) is 2. The number of likely N-dealkylation sites (tertiary alicyclic amines) is 1. The van der Waals surface area contributed by atoms with E-state index in [1.54, 1.807) is 12.1 Å². The van der Waals surface area contributed by atoms with Gasteiger partial charge in [0.1, 0.15) is 0 Å². The minimum Gasteiger partial charge on any atom is -0.326 e. The molecule has 0 amide bonds. The van der Waals surface area contributed by atoms with Crippen molar-refractivity contribution in [1.29, 1.82) is 0 Å². The van der Waals surface area contributed by atoms with E-state index in [-0.39, 0.29) is 22.7 Å². The smallest absolute Gasteiger partial charge is 0.269 e. The Hall–Kier alpha value is -1.46. The summed E-state index contributed by atoms with van der Waals surface area (Å²) in [5.74, 6) is 0. The van der Waals surface area contributed by atoms with Crippen LogP contribution in [0, 0.1) is 10.1 Å². The van der Waals surface area contributed by atoms with Gasteiger partial charge in [0.25, 0.3) is 5.69 Å². The van der Waals surface area contributed by atoms with Crippen LogP contribution in [0.2, 0.25) is 0 Å². The van der Waals surface area contributed by atoms with Gasteiger partial charge in [0.2, 0.25) is 0 Å². The highest BCUT2D eigenvalue weighted by Gasteiger charge is 2.27. The monoisotopic (exact) mass is 235 g/mol. The summed E-state index contributed by atoms with van der Waals surface area (Å²) < 4.78 is 0. The quantitative estimate of drug-likeness (QED) is 0.625. The summed E-state index contributed by atoms with van der Waals surface area (Å²) in [6.07, 6.45) is 2.12. The van der Waals surface area contributed by atoms with Gasteiger partial charge >= 0.3 is 0 Å². The predicted molar refractivity (Wildman–Crippen MR) is 65.7 cm³/mol. The number of likely N-dealkylation sites (N-methyl/N-ethyl adjacent to an activating group) is 1. The molecule has 2 rings (SSSR count). The Kier molecular flexibility index (Phi) is 3.40.